The Kier molecular flexibility index (Phi) is 7.78. The highest BCUT2D eigenvalue weighted by atomic mass is 16.2. The summed E-state index contributed by atoms with van der Waals surface area (Å²) < 4.78 is 0. The highest BCUT2D eigenvalue weighted by molar-refractivity contribution is 5.77. The number of hydrogen-bond acceptors (Lipinski definition) is 3. The Morgan fingerprint density at radius 2 is 1.85 bits per heavy atom. The Balaban J connectivity index is 1.32. The molecule has 3 aliphatic rings. The maximum Gasteiger partial charge on any atom is 0.222 e. The van der Waals surface area contributed by atoms with Crippen LogP contribution in [0.5, 0.6) is 0 Å². The molecule has 0 aromatic heterocycles. The normalized spacial score (nSPS) is 26.1. The quantitative estimate of drug-likeness (QED) is 0.757. The van der Waals surface area contributed by atoms with Crippen molar-refractivity contribution < 1.29 is 9.59 Å². The molecule has 3 fully saturated rings. The minimum absolute atomic E-state index is 0.166. The number of piperidine rings is 2. The minimum Gasteiger partial charge on any atom is -0.352 e. The number of nitrogens with zero attached hydrogens (tertiary/aromatic N) is 2. The zero-order valence-electron chi connectivity index (χ0n) is 16.4. The van der Waals surface area contributed by atoms with Crippen LogP contribution in [-0.2, 0) is 9.59 Å². The van der Waals surface area contributed by atoms with E-state index in [-0.39, 0.29) is 11.8 Å². The molecule has 1 atom stereocenters. The number of carbonyl (C=O) groups excluding carboxylic acids is 2. The Hall–Kier alpha value is -1.10. The molecular formula is C21H37N3O2. The third kappa shape index (κ3) is 6.26. The summed E-state index contributed by atoms with van der Waals surface area (Å²) in [6.07, 6.45) is 13.5. The summed E-state index contributed by atoms with van der Waals surface area (Å²) in [6, 6.07) is 0.316. The van der Waals surface area contributed by atoms with Crippen LogP contribution in [0.25, 0.3) is 0 Å². The van der Waals surface area contributed by atoms with E-state index in [4.69, 9.17) is 0 Å². The average molecular weight is 364 g/mol. The molecule has 1 N–H and O–H groups in total. The van der Waals surface area contributed by atoms with Gasteiger partial charge in [0.05, 0.1) is 0 Å². The van der Waals surface area contributed by atoms with Crippen LogP contribution in [-0.4, -0.2) is 60.4 Å². The van der Waals surface area contributed by atoms with Crippen molar-refractivity contribution in [2.45, 2.75) is 83.1 Å². The van der Waals surface area contributed by atoms with Crippen LogP contribution < -0.4 is 5.32 Å². The van der Waals surface area contributed by atoms with E-state index in [9.17, 15) is 9.59 Å². The van der Waals surface area contributed by atoms with Crippen LogP contribution in [0, 0.1) is 5.92 Å². The largest absolute Gasteiger partial charge is 0.352 e. The maximum atomic E-state index is 12.3. The summed E-state index contributed by atoms with van der Waals surface area (Å²) in [5.74, 6) is 1.31. The van der Waals surface area contributed by atoms with E-state index in [2.05, 4.69) is 10.2 Å². The monoisotopic (exact) mass is 363 g/mol. The number of rotatable bonds is 7. The van der Waals surface area contributed by atoms with Gasteiger partial charge < -0.3 is 15.1 Å². The SMILES string of the molecule is O=C(CCCN1CCCCC1=O)NC1CCCN(CC2CCCCC2)C1. The van der Waals surface area contributed by atoms with Crippen molar-refractivity contribution in [1.29, 1.82) is 0 Å². The minimum atomic E-state index is 0.166. The van der Waals surface area contributed by atoms with E-state index in [1.54, 1.807) is 0 Å². The van der Waals surface area contributed by atoms with Crippen LogP contribution >= 0.6 is 0 Å². The lowest BCUT2D eigenvalue weighted by Crippen LogP contribution is -2.49. The van der Waals surface area contributed by atoms with Crippen LogP contribution in [0.15, 0.2) is 0 Å². The van der Waals surface area contributed by atoms with Gasteiger partial charge in [-0.25, -0.2) is 0 Å². The second-order valence-electron chi connectivity index (χ2n) is 8.61. The number of hydrogen-bond donors (Lipinski definition) is 1. The highest BCUT2D eigenvalue weighted by Crippen LogP contribution is 2.25. The Morgan fingerprint density at radius 3 is 2.65 bits per heavy atom. The van der Waals surface area contributed by atoms with Gasteiger partial charge in [-0.3, -0.25) is 9.59 Å². The highest BCUT2D eigenvalue weighted by Gasteiger charge is 2.24. The van der Waals surface area contributed by atoms with Crippen molar-refractivity contribution in [2.24, 2.45) is 5.92 Å². The van der Waals surface area contributed by atoms with Crippen molar-refractivity contribution >= 4 is 11.8 Å². The lowest BCUT2D eigenvalue weighted by Gasteiger charge is -2.36. The van der Waals surface area contributed by atoms with Crippen molar-refractivity contribution in [1.82, 2.24) is 15.1 Å². The molecule has 2 amide bonds. The standard InChI is InChI=1S/C21H37N3O2/c25-20(11-7-15-24-14-5-4-12-21(24)26)22-19-10-6-13-23(17-19)16-18-8-2-1-3-9-18/h18-19H,1-17H2,(H,22,25). The predicted molar refractivity (Wildman–Crippen MR) is 104 cm³/mol. The molecule has 2 saturated heterocycles. The number of nitrogens with one attached hydrogen (secondary N) is 1. The lowest BCUT2D eigenvalue weighted by molar-refractivity contribution is -0.133. The maximum absolute atomic E-state index is 12.3. The van der Waals surface area contributed by atoms with Gasteiger partial charge >= 0.3 is 0 Å². The first-order chi connectivity index (χ1) is 12.7. The second kappa shape index (κ2) is 10.3. The van der Waals surface area contributed by atoms with E-state index in [0.29, 0.717) is 18.9 Å². The van der Waals surface area contributed by atoms with E-state index < -0.39 is 0 Å². The van der Waals surface area contributed by atoms with Crippen LogP contribution in [0.1, 0.15) is 77.0 Å². The zero-order valence-corrected chi connectivity index (χ0v) is 16.4. The van der Waals surface area contributed by atoms with Gasteiger partial charge in [0, 0.05) is 45.1 Å². The first kappa shape index (κ1) is 19.7. The van der Waals surface area contributed by atoms with E-state index in [1.165, 1.54) is 51.6 Å². The van der Waals surface area contributed by atoms with Crippen LogP contribution in [0.2, 0.25) is 0 Å². The van der Waals surface area contributed by atoms with Crippen molar-refractivity contribution in [3.8, 4) is 0 Å². The fourth-order valence-electron chi connectivity index (χ4n) is 4.90. The number of carbonyl (C=O) groups is 2. The summed E-state index contributed by atoms with van der Waals surface area (Å²) in [4.78, 5) is 28.6. The number of amides is 2. The molecule has 1 unspecified atom stereocenters. The van der Waals surface area contributed by atoms with E-state index in [0.717, 1.165) is 51.2 Å². The van der Waals surface area contributed by atoms with Gasteiger partial charge in [-0.2, -0.15) is 0 Å². The van der Waals surface area contributed by atoms with E-state index >= 15 is 0 Å². The van der Waals surface area contributed by atoms with Gasteiger partial charge in [-0.05, 0) is 57.4 Å². The van der Waals surface area contributed by atoms with Crippen molar-refractivity contribution in [2.75, 3.05) is 32.7 Å². The molecule has 5 heteroatoms. The van der Waals surface area contributed by atoms with Gasteiger partial charge in [0.15, 0.2) is 0 Å². The topological polar surface area (TPSA) is 52.7 Å². The molecule has 0 radical (unpaired) electrons. The van der Waals surface area contributed by atoms with E-state index in [1.807, 2.05) is 4.90 Å². The summed E-state index contributed by atoms with van der Waals surface area (Å²) in [6.45, 7) is 5.06. The fourth-order valence-corrected chi connectivity index (χ4v) is 4.90. The molecule has 0 aromatic carbocycles. The molecule has 3 rings (SSSR count). The third-order valence-corrected chi connectivity index (χ3v) is 6.37. The molecule has 5 nitrogen and oxygen atoms in total. The average Bonchev–Trinajstić information content (AvgIpc) is 2.64. The summed E-state index contributed by atoms with van der Waals surface area (Å²) in [5.41, 5.74) is 0. The third-order valence-electron chi connectivity index (χ3n) is 6.37. The molecule has 2 heterocycles. The molecule has 0 bridgehead atoms. The van der Waals surface area contributed by atoms with Gasteiger partial charge in [0.25, 0.3) is 0 Å². The molecular weight excluding hydrogens is 326 g/mol. The molecule has 0 aromatic rings. The predicted octanol–water partition coefficient (Wildman–Crippen LogP) is 2.94. The number of likely N-dealkylation sites (tertiary alicyclic amines) is 2. The molecule has 1 saturated carbocycles. The second-order valence-corrected chi connectivity index (χ2v) is 8.61. The van der Waals surface area contributed by atoms with Crippen molar-refractivity contribution in [3.63, 3.8) is 0 Å². The molecule has 0 spiro atoms. The van der Waals surface area contributed by atoms with Gasteiger partial charge in [-0.15, -0.1) is 0 Å². The van der Waals surface area contributed by atoms with Crippen molar-refractivity contribution in [3.05, 3.63) is 0 Å². The summed E-state index contributed by atoms with van der Waals surface area (Å²) >= 11 is 0. The Bertz CT molecular complexity index is 462. The van der Waals surface area contributed by atoms with Gasteiger partial charge in [0.2, 0.25) is 11.8 Å². The fraction of sp³-hybridized carbons (Fsp3) is 0.905. The Labute approximate surface area is 158 Å². The Morgan fingerprint density at radius 1 is 1.00 bits per heavy atom. The van der Waals surface area contributed by atoms with Gasteiger partial charge in [-0.1, -0.05) is 19.3 Å². The summed E-state index contributed by atoms with van der Waals surface area (Å²) in [5, 5.41) is 3.25. The van der Waals surface area contributed by atoms with Gasteiger partial charge in [0.1, 0.15) is 0 Å². The molecule has 1 aliphatic carbocycles. The summed E-state index contributed by atoms with van der Waals surface area (Å²) in [7, 11) is 0. The first-order valence-electron chi connectivity index (χ1n) is 11.0. The first-order valence-corrected chi connectivity index (χ1v) is 11.0. The van der Waals surface area contributed by atoms with Crippen LogP contribution in [0.4, 0.5) is 0 Å². The van der Waals surface area contributed by atoms with Crippen LogP contribution in [0.3, 0.4) is 0 Å². The zero-order chi connectivity index (χ0) is 18.2. The lowest BCUT2D eigenvalue weighted by atomic mass is 9.88. The molecule has 148 valence electrons. The smallest absolute Gasteiger partial charge is 0.222 e. The molecule has 26 heavy (non-hydrogen) atoms. The molecule has 2 aliphatic heterocycles.